The average molecular weight is 464 g/mol. The van der Waals surface area contributed by atoms with Gasteiger partial charge in [-0.05, 0) is 54.1 Å². The molecule has 0 spiro atoms. The third kappa shape index (κ3) is 4.29. The van der Waals surface area contributed by atoms with Crippen molar-refractivity contribution in [3.8, 4) is 11.4 Å². The molecule has 1 aliphatic heterocycles. The Kier molecular flexibility index (Phi) is 6.22. The fourth-order valence-electron chi connectivity index (χ4n) is 4.97. The van der Waals surface area contributed by atoms with Gasteiger partial charge in [0.15, 0.2) is 6.04 Å². The van der Waals surface area contributed by atoms with Crippen molar-refractivity contribution in [1.82, 2.24) is 14.8 Å². The van der Waals surface area contributed by atoms with Gasteiger partial charge in [-0.2, -0.15) is 0 Å². The molecule has 3 aromatic rings. The van der Waals surface area contributed by atoms with Crippen molar-refractivity contribution in [2.75, 3.05) is 7.11 Å². The Bertz CT molecular complexity index is 1130. The van der Waals surface area contributed by atoms with Crippen molar-refractivity contribution >= 4 is 23.2 Å². The number of ether oxygens (including phenoxy) is 1. The molecule has 0 saturated heterocycles. The second-order valence-corrected chi connectivity index (χ2v) is 9.73. The van der Waals surface area contributed by atoms with Gasteiger partial charge >= 0.3 is 0 Å². The van der Waals surface area contributed by atoms with E-state index >= 15 is 0 Å². The van der Waals surface area contributed by atoms with E-state index in [1.807, 2.05) is 58.6 Å². The number of hydrogen-bond acceptors (Lipinski definition) is 4. The predicted octanol–water partition coefficient (Wildman–Crippen LogP) is 5.08. The van der Waals surface area contributed by atoms with Crippen LogP contribution >= 0.6 is 11.3 Å². The molecular formula is C26H29N3O3S. The molecule has 3 heterocycles. The van der Waals surface area contributed by atoms with Gasteiger partial charge in [0.05, 0.1) is 18.5 Å². The molecule has 0 radical (unpaired) electrons. The quantitative estimate of drug-likeness (QED) is 0.537. The Morgan fingerprint density at radius 1 is 1.09 bits per heavy atom. The van der Waals surface area contributed by atoms with Gasteiger partial charge in [-0.15, -0.1) is 11.3 Å². The minimum atomic E-state index is -0.697. The topological polar surface area (TPSA) is 63.6 Å². The van der Waals surface area contributed by atoms with Crippen LogP contribution in [0.1, 0.15) is 65.5 Å². The fourth-order valence-corrected chi connectivity index (χ4v) is 5.80. The summed E-state index contributed by atoms with van der Waals surface area (Å²) in [4.78, 5) is 29.9. The summed E-state index contributed by atoms with van der Waals surface area (Å²) in [5.41, 5.74) is 2.61. The minimum Gasteiger partial charge on any atom is -0.497 e. The van der Waals surface area contributed by atoms with E-state index in [1.54, 1.807) is 12.0 Å². The predicted molar refractivity (Wildman–Crippen MR) is 129 cm³/mol. The van der Waals surface area contributed by atoms with Crippen molar-refractivity contribution < 1.29 is 14.3 Å². The van der Waals surface area contributed by atoms with Crippen molar-refractivity contribution in [3.05, 3.63) is 70.2 Å². The van der Waals surface area contributed by atoms with Crippen LogP contribution in [0.2, 0.25) is 0 Å². The van der Waals surface area contributed by atoms with Gasteiger partial charge in [0.25, 0.3) is 5.91 Å². The van der Waals surface area contributed by atoms with E-state index in [1.165, 1.54) is 24.2 Å². The smallest absolute Gasteiger partial charge is 0.267 e. The van der Waals surface area contributed by atoms with Crippen molar-refractivity contribution in [1.29, 1.82) is 0 Å². The van der Waals surface area contributed by atoms with Crippen LogP contribution in [-0.4, -0.2) is 34.4 Å². The van der Waals surface area contributed by atoms with Crippen LogP contribution in [0.25, 0.3) is 5.69 Å². The number of thiophene rings is 1. The summed E-state index contributed by atoms with van der Waals surface area (Å²) in [7, 11) is 1.63. The number of hydrogen-bond donors (Lipinski definition) is 1. The zero-order valence-electron chi connectivity index (χ0n) is 18.8. The number of benzene rings is 1. The number of carbonyl (C=O) groups is 2. The molecule has 33 heavy (non-hydrogen) atoms. The molecule has 2 aliphatic rings. The molecule has 1 fully saturated rings. The molecule has 1 atom stereocenters. The zero-order chi connectivity index (χ0) is 22.8. The van der Waals surface area contributed by atoms with E-state index in [9.17, 15) is 9.59 Å². The minimum absolute atomic E-state index is 0.0983. The number of fused-ring (bicyclic) bond motifs is 3. The van der Waals surface area contributed by atoms with Crippen LogP contribution in [0.4, 0.5) is 0 Å². The monoisotopic (exact) mass is 463 g/mol. The number of rotatable bonds is 5. The molecule has 2 aromatic heterocycles. The molecule has 5 rings (SSSR count). The number of amides is 2. The van der Waals surface area contributed by atoms with Crippen LogP contribution in [-0.2, 0) is 11.3 Å². The first-order valence-corrected chi connectivity index (χ1v) is 12.5. The van der Waals surface area contributed by atoms with Crippen molar-refractivity contribution in [3.63, 3.8) is 0 Å². The van der Waals surface area contributed by atoms with E-state index in [2.05, 4.69) is 5.32 Å². The fraction of sp³-hybridized carbons (Fsp3) is 0.385. The molecule has 1 unspecified atom stereocenters. The lowest BCUT2D eigenvalue weighted by Gasteiger charge is -2.31. The summed E-state index contributed by atoms with van der Waals surface area (Å²) in [6.07, 6.45) is 8.66. The maximum Gasteiger partial charge on any atom is 0.267 e. The number of aromatic nitrogens is 1. The Morgan fingerprint density at radius 2 is 1.85 bits per heavy atom. The van der Waals surface area contributed by atoms with Crippen LogP contribution < -0.4 is 10.1 Å². The third-order valence-corrected chi connectivity index (χ3v) is 7.58. The lowest BCUT2D eigenvalue weighted by Crippen LogP contribution is -2.46. The summed E-state index contributed by atoms with van der Waals surface area (Å²) < 4.78 is 7.28. The normalized spacial score (nSPS) is 18.8. The van der Waals surface area contributed by atoms with Gasteiger partial charge in [-0.25, -0.2) is 0 Å². The Hall–Kier alpha value is -3.06. The first-order valence-electron chi connectivity index (χ1n) is 11.6. The maximum atomic E-state index is 13.8. The molecular weight excluding hydrogens is 434 g/mol. The summed E-state index contributed by atoms with van der Waals surface area (Å²) in [6.45, 7) is 0.341. The Balaban J connectivity index is 1.52. The number of carbonyl (C=O) groups excluding carboxylic acids is 2. The highest BCUT2D eigenvalue weighted by atomic mass is 32.1. The molecule has 1 aliphatic carbocycles. The van der Waals surface area contributed by atoms with Crippen LogP contribution in [0.5, 0.6) is 5.75 Å². The summed E-state index contributed by atoms with van der Waals surface area (Å²) in [5, 5.41) is 5.23. The van der Waals surface area contributed by atoms with Gasteiger partial charge in [0.2, 0.25) is 5.91 Å². The standard InChI is InChI=1S/C26H29N3O3S/c1-32-20-12-10-18(11-13-20)17-29-23(25(30)27-19-7-4-2-3-5-8-19)21-9-6-15-28(21)22-14-16-33-24(22)26(29)31/h6,9-16,19,23H,2-5,7-8,17H2,1H3,(H,27,30). The van der Waals surface area contributed by atoms with Crippen LogP contribution in [0.15, 0.2) is 54.0 Å². The Labute approximate surface area is 198 Å². The van der Waals surface area contributed by atoms with Gasteiger partial charge in [-0.3, -0.25) is 9.59 Å². The zero-order valence-corrected chi connectivity index (χ0v) is 19.6. The highest BCUT2D eigenvalue weighted by Crippen LogP contribution is 2.36. The number of nitrogens with one attached hydrogen (secondary N) is 1. The third-order valence-electron chi connectivity index (χ3n) is 6.69. The summed E-state index contributed by atoms with van der Waals surface area (Å²) >= 11 is 1.42. The molecule has 7 heteroatoms. The molecule has 2 amide bonds. The summed E-state index contributed by atoms with van der Waals surface area (Å²) in [6, 6.07) is 13.0. The van der Waals surface area contributed by atoms with E-state index in [0.717, 1.165) is 48.4 Å². The van der Waals surface area contributed by atoms with Crippen molar-refractivity contribution in [2.45, 2.75) is 57.2 Å². The maximum absolute atomic E-state index is 13.8. The van der Waals surface area contributed by atoms with Crippen molar-refractivity contribution in [2.24, 2.45) is 0 Å². The van der Waals surface area contributed by atoms with E-state index in [0.29, 0.717) is 11.4 Å². The number of methoxy groups -OCH3 is 1. The van der Waals surface area contributed by atoms with E-state index in [4.69, 9.17) is 4.74 Å². The van der Waals surface area contributed by atoms with Gasteiger partial charge in [-0.1, -0.05) is 37.8 Å². The lowest BCUT2D eigenvalue weighted by atomic mass is 10.1. The molecule has 172 valence electrons. The molecule has 1 saturated carbocycles. The first-order chi connectivity index (χ1) is 16.2. The van der Waals surface area contributed by atoms with Gasteiger partial charge in [0.1, 0.15) is 10.6 Å². The van der Waals surface area contributed by atoms with Gasteiger partial charge in [0, 0.05) is 18.8 Å². The lowest BCUT2D eigenvalue weighted by molar-refractivity contribution is -0.127. The van der Waals surface area contributed by atoms with Crippen LogP contribution in [0.3, 0.4) is 0 Å². The van der Waals surface area contributed by atoms with Gasteiger partial charge < -0.3 is 19.5 Å². The molecule has 6 nitrogen and oxygen atoms in total. The highest BCUT2D eigenvalue weighted by molar-refractivity contribution is 7.12. The molecule has 1 aromatic carbocycles. The van der Waals surface area contributed by atoms with E-state index < -0.39 is 6.04 Å². The first kappa shape index (κ1) is 21.8. The van der Waals surface area contributed by atoms with Crippen LogP contribution in [0, 0.1) is 0 Å². The molecule has 1 N–H and O–H groups in total. The largest absolute Gasteiger partial charge is 0.497 e. The number of nitrogens with zero attached hydrogens (tertiary/aromatic N) is 2. The second kappa shape index (κ2) is 9.43. The second-order valence-electron chi connectivity index (χ2n) is 8.82. The SMILES string of the molecule is COc1ccc(CN2C(=O)c3sccc3-n3cccc3C2C(=O)NC2CCCCCC2)cc1. The molecule has 0 bridgehead atoms. The van der Waals surface area contributed by atoms with E-state index in [-0.39, 0.29) is 17.9 Å². The Morgan fingerprint density at radius 3 is 2.58 bits per heavy atom. The summed E-state index contributed by atoms with van der Waals surface area (Å²) in [5.74, 6) is 0.553. The average Bonchev–Trinajstić information content (AvgIpc) is 3.41. The highest BCUT2D eigenvalue weighted by Gasteiger charge is 2.39.